The molecule has 96 valence electrons. The van der Waals surface area contributed by atoms with Gasteiger partial charge in [-0.1, -0.05) is 12.1 Å². The van der Waals surface area contributed by atoms with Gasteiger partial charge >= 0.3 is 33.0 Å². The van der Waals surface area contributed by atoms with E-state index in [-0.39, 0.29) is 0 Å². The number of pyridine rings is 2. The Bertz CT molecular complexity index is 333. The van der Waals surface area contributed by atoms with Crippen LogP contribution >= 0.6 is 20.4 Å². The van der Waals surface area contributed by atoms with E-state index in [0.717, 1.165) is 0 Å². The van der Waals surface area contributed by atoms with E-state index >= 15 is 0 Å². The van der Waals surface area contributed by atoms with Crippen LogP contribution in [0.1, 0.15) is 11.1 Å². The van der Waals surface area contributed by atoms with Crippen LogP contribution < -0.4 is 0 Å². The summed E-state index contributed by atoms with van der Waals surface area (Å²) in [5, 5.41) is 0. The molecule has 0 radical (unpaired) electrons. The van der Waals surface area contributed by atoms with Crippen molar-refractivity contribution in [3.8, 4) is 0 Å². The molecule has 0 amide bonds. The average Bonchev–Trinajstić information content (AvgIpc) is 2.33. The van der Waals surface area contributed by atoms with Crippen molar-refractivity contribution in [2.75, 3.05) is 0 Å². The molecule has 0 aliphatic rings. The van der Waals surface area contributed by atoms with Crippen molar-refractivity contribution >= 4 is 20.4 Å². The van der Waals surface area contributed by atoms with E-state index in [1.165, 1.54) is 11.1 Å². The third-order valence-corrected chi connectivity index (χ3v) is 1.62. The molecule has 2 heterocycles. The van der Waals surface area contributed by atoms with Gasteiger partial charge in [0.1, 0.15) is 0 Å². The fourth-order valence-electron chi connectivity index (χ4n) is 0.896. The summed E-state index contributed by atoms with van der Waals surface area (Å²) in [6, 6.07) is 7.89. The summed E-state index contributed by atoms with van der Waals surface area (Å²) < 4.78 is 0. The van der Waals surface area contributed by atoms with Crippen LogP contribution in [0.2, 0.25) is 0 Å². The average molecular weight is 316 g/mol. The molecule has 2 aromatic heterocycles. The van der Waals surface area contributed by atoms with Gasteiger partial charge < -0.3 is 0 Å². The van der Waals surface area contributed by atoms with Crippen molar-refractivity contribution in [2.24, 2.45) is 0 Å². The molecule has 0 bridgehead atoms. The van der Waals surface area contributed by atoms with Crippen molar-refractivity contribution in [3.63, 3.8) is 0 Å². The molecule has 0 aliphatic heterocycles. The fourth-order valence-corrected chi connectivity index (χ4v) is 0.896. The van der Waals surface area contributed by atoms with Gasteiger partial charge in [-0.2, -0.15) is 0 Å². The van der Waals surface area contributed by atoms with E-state index < -0.39 is 0 Å². The normalized spacial score (nSPS) is 8.47. The Balaban J connectivity index is 0.000000247. The predicted molar refractivity (Wildman–Crippen MR) is 69.7 cm³/mol. The number of rotatable bonds is 0. The minimum atomic E-state index is 0.569. The van der Waals surface area contributed by atoms with Crippen LogP contribution in [0.25, 0.3) is 0 Å². The molecular weight excluding hydrogens is 302 g/mol. The van der Waals surface area contributed by atoms with E-state index in [1.54, 1.807) is 12.4 Å². The molecule has 0 saturated heterocycles. The van der Waals surface area contributed by atoms with Crippen LogP contribution in [0.5, 0.6) is 0 Å². The second kappa shape index (κ2) is 11.8. The quantitative estimate of drug-likeness (QED) is 0.682. The third-order valence-electron chi connectivity index (χ3n) is 1.62. The number of nitrogens with zero attached hydrogens (tertiary/aromatic N) is 2. The second-order valence-corrected chi connectivity index (χ2v) is 4.74. The van der Waals surface area contributed by atoms with Crippen molar-refractivity contribution < 1.29 is 12.7 Å². The number of hydrogen-bond donors (Lipinski definition) is 0. The van der Waals surface area contributed by atoms with E-state index in [9.17, 15) is 0 Å². The first kappa shape index (κ1) is 16.4. The van der Waals surface area contributed by atoms with Crippen LogP contribution in [-0.4, -0.2) is 9.97 Å². The summed E-state index contributed by atoms with van der Waals surface area (Å²) in [6.45, 7) is 4.04. The standard InChI is InChI=1S/2C6H7N.2ClH.Ni/c2*1-6-3-2-4-7-5-6;;;/h2*2-5H,1H3;2*1H;/q;;;;+2/p-2. The van der Waals surface area contributed by atoms with Gasteiger partial charge in [0.15, 0.2) is 0 Å². The molecule has 17 heavy (non-hydrogen) atoms. The predicted octanol–water partition coefficient (Wildman–Crippen LogP) is 4.16. The summed E-state index contributed by atoms with van der Waals surface area (Å²) in [5.41, 5.74) is 2.42. The molecule has 0 N–H and O–H groups in total. The van der Waals surface area contributed by atoms with Crippen molar-refractivity contribution in [1.29, 1.82) is 0 Å². The first-order valence-electron chi connectivity index (χ1n) is 4.76. The second-order valence-electron chi connectivity index (χ2n) is 3.11. The number of halogens is 2. The van der Waals surface area contributed by atoms with Crippen molar-refractivity contribution in [2.45, 2.75) is 13.8 Å². The van der Waals surface area contributed by atoms with E-state index in [2.05, 4.69) is 9.97 Å². The van der Waals surface area contributed by atoms with Gasteiger partial charge in [0.05, 0.1) is 0 Å². The van der Waals surface area contributed by atoms with Gasteiger partial charge in [0, 0.05) is 24.8 Å². The molecule has 0 fully saturated rings. The monoisotopic (exact) mass is 314 g/mol. The van der Waals surface area contributed by atoms with Gasteiger partial charge in [0.2, 0.25) is 0 Å². The van der Waals surface area contributed by atoms with E-state index in [4.69, 9.17) is 20.4 Å². The number of aromatic nitrogens is 2. The summed E-state index contributed by atoms with van der Waals surface area (Å²) >= 11 is 0.569. The van der Waals surface area contributed by atoms with Gasteiger partial charge in [-0.15, -0.1) is 0 Å². The SMILES string of the molecule is Cc1cccnc1.Cc1cccnc1.[Cl][Ni][Cl]. The third kappa shape index (κ3) is 11.6. The Morgan fingerprint density at radius 2 is 1.24 bits per heavy atom. The van der Waals surface area contributed by atoms with E-state index in [0.29, 0.717) is 12.7 Å². The molecule has 0 unspecified atom stereocenters. The van der Waals surface area contributed by atoms with E-state index in [1.807, 2.05) is 50.5 Å². The summed E-state index contributed by atoms with van der Waals surface area (Å²) in [5.74, 6) is 0. The summed E-state index contributed by atoms with van der Waals surface area (Å²) in [7, 11) is 9.40. The first-order valence-corrected chi connectivity index (χ1v) is 7.48. The van der Waals surface area contributed by atoms with Crippen molar-refractivity contribution in [1.82, 2.24) is 9.97 Å². The molecule has 2 aromatic rings. The molecule has 2 rings (SSSR count). The molecular formula is C12H14Cl2N2Ni. The first-order chi connectivity index (χ1) is 8.20. The molecule has 2 nitrogen and oxygen atoms in total. The molecule has 5 heteroatoms. The van der Waals surface area contributed by atoms with Gasteiger partial charge in [-0.05, 0) is 37.1 Å². The molecule has 0 aliphatic carbocycles. The number of hydrogen-bond acceptors (Lipinski definition) is 2. The Morgan fingerprint density at radius 1 is 0.882 bits per heavy atom. The summed E-state index contributed by atoms with van der Waals surface area (Å²) in [4.78, 5) is 7.77. The minimum absolute atomic E-state index is 0.569. The Labute approximate surface area is 117 Å². The summed E-state index contributed by atoms with van der Waals surface area (Å²) in [6.07, 6.45) is 7.21. The van der Waals surface area contributed by atoms with Crippen LogP contribution in [-0.2, 0) is 12.7 Å². The Morgan fingerprint density at radius 3 is 1.35 bits per heavy atom. The molecule has 0 saturated carbocycles. The topological polar surface area (TPSA) is 25.8 Å². The molecule has 0 atom stereocenters. The Kier molecular flexibility index (Phi) is 11.4. The zero-order chi connectivity index (χ0) is 12.9. The zero-order valence-electron chi connectivity index (χ0n) is 9.59. The zero-order valence-corrected chi connectivity index (χ0v) is 12.1. The maximum absolute atomic E-state index is 4.70. The van der Waals surface area contributed by atoms with Crippen molar-refractivity contribution in [3.05, 3.63) is 60.2 Å². The van der Waals surface area contributed by atoms with Gasteiger partial charge in [0.25, 0.3) is 0 Å². The Hall–Kier alpha value is -0.626. The van der Waals surface area contributed by atoms with Crippen LogP contribution in [0.15, 0.2) is 49.1 Å². The van der Waals surface area contributed by atoms with Crippen LogP contribution in [0.4, 0.5) is 0 Å². The number of aryl methyl sites for hydroxylation is 2. The van der Waals surface area contributed by atoms with Gasteiger partial charge in [-0.3, -0.25) is 9.97 Å². The van der Waals surface area contributed by atoms with Gasteiger partial charge in [-0.25, -0.2) is 0 Å². The van der Waals surface area contributed by atoms with Crippen LogP contribution in [0, 0.1) is 13.8 Å². The fraction of sp³-hybridized carbons (Fsp3) is 0.167. The molecule has 0 spiro atoms. The van der Waals surface area contributed by atoms with Crippen LogP contribution in [0.3, 0.4) is 0 Å². The maximum atomic E-state index is 4.70. The molecule has 0 aromatic carbocycles.